The largest absolute Gasteiger partial charge is 0.356 e. The molecule has 1 aliphatic carbocycles. The van der Waals surface area contributed by atoms with Crippen LogP contribution in [0.4, 0.5) is 11.8 Å². The topological polar surface area (TPSA) is 70.3 Å². The van der Waals surface area contributed by atoms with Gasteiger partial charge in [-0.15, -0.1) is 0 Å². The molecule has 1 aromatic rings. The molecule has 1 aromatic heterocycles. The first kappa shape index (κ1) is 21.2. The van der Waals surface area contributed by atoms with Crippen molar-refractivity contribution in [3.05, 3.63) is 11.3 Å². The molecule has 3 aliphatic rings. The summed E-state index contributed by atoms with van der Waals surface area (Å²) in [5.41, 5.74) is 9.27. The molecule has 2 unspecified atom stereocenters. The van der Waals surface area contributed by atoms with E-state index in [0.29, 0.717) is 0 Å². The second-order valence-corrected chi connectivity index (χ2v) is 9.76. The summed E-state index contributed by atoms with van der Waals surface area (Å²) in [6.45, 7) is 4.23. The van der Waals surface area contributed by atoms with Gasteiger partial charge in [0.1, 0.15) is 5.82 Å². The lowest BCUT2D eigenvalue weighted by Crippen LogP contribution is -2.60. The zero-order valence-corrected chi connectivity index (χ0v) is 18.9. The fourth-order valence-corrected chi connectivity index (χ4v) is 5.38. The van der Waals surface area contributed by atoms with Crippen LogP contribution in [-0.2, 0) is 12.8 Å². The summed E-state index contributed by atoms with van der Waals surface area (Å²) < 4.78 is 0. The van der Waals surface area contributed by atoms with E-state index in [2.05, 4.69) is 21.4 Å². The minimum Gasteiger partial charge on any atom is -0.356 e. The molecule has 0 spiro atoms. The monoisotopic (exact) mass is 418 g/mol. The number of aromatic nitrogens is 2. The lowest BCUT2D eigenvalue weighted by Gasteiger charge is -2.41. The fraction of sp³-hybridized carbons (Fsp3) is 0.818. The van der Waals surface area contributed by atoms with Gasteiger partial charge in [0.15, 0.2) is 0 Å². The summed E-state index contributed by atoms with van der Waals surface area (Å²) in [5.74, 6) is 3.23. The summed E-state index contributed by atoms with van der Waals surface area (Å²) in [6, 6.07) is 0.131. The SMILES string of the molecule is CSCCNC1C(N)CCCN1c1nc2c(c(N3CCCCCC3)n1)CCCC2. The van der Waals surface area contributed by atoms with E-state index in [0.717, 1.165) is 63.6 Å². The van der Waals surface area contributed by atoms with Crippen LogP contribution in [0.1, 0.15) is 62.6 Å². The van der Waals surface area contributed by atoms with E-state index in [1.54, 1.807) is 0 Å². The Balaban J connectivity index is 1.65. The van der Waals surface area contributed by atoms with Crippen molar-refractivity contribution in [1.29, 1.82) is 0 Å². The number of piperidine rings is 1. The predicted octanol–water partition coefficient (Wildman–Crippen LogP) is 2.94. The van der Waals surface area contributed by atoms with Crippen molar-refractivity contribution >= 4 is 23.5 Å². The van der Waals surface area contributed by atoms with Gasteiger partial charge in [-0.1, -0.05) is 12.8 Å². The van der Waals surface area contributed by atoms with E-state index in [1.165, 1.54) is 55.6 Å². The second-order valence-electron chi connectivity index (χ2n) is 8.77. The molecule has 2 fully saturated rings. The van der Waals surface area contributed by atoms with E-state index in [-0.39, 0.29) is 12.2 Å². The molecule has 0 bridgehead atoms. The van der Waals surface area contributed by atoms with Gasteiger partial charge in [0.05, 0.1) is 11.9 Å². The van der Waals surface area contributed by atoms with Crippen molar-refractivity contribution in [2.24, 2.45) is 5.73 Å². The lowest BCUT2D eigenvalue weighted by molar-refractivity contribution is 0.348. The van der Waals surface area contributed by atoms with Gasteiger partial charge in [0.2, 0.25) is 5.95 Å². The first-order valence-electron chi connectivity index (χ1n) is 11.7. The van der Waals surface area contributed by atoms with Gasteiger partial charge in [-0.05, 0) is 57.6 Å². The third-order valence-corrected chi connectivity index (χ3v) is 7.26. The van der Waals surface area contributed by atoms with E-state index >= 15 is 0 Å². The van der Waals surface area contributed by atoms with Crippen LogP contribution in [0.15, 0.2) is 0 Å². The standard InChI is InChI=1S/C22H38N6S/c1-29-16-12-24-21-18(23)10-8-15-28(21)22-25-19-11-5-4-9-17(19)20(26-22)27-13-6-2-3-7-14-27/h18,21,24H,2-16,23H2,1H3. The van der Waals surface area contributed by atoms with Crippen molar-refractivity contribution in [3.63, 3.8) is 0 Å². The van der Waals surface area contributed by atoms with E-state index in [4.69, 9.17) is 15.7 Å². The molecule has 29 heavy (non-hydrogen) atoms. The Morgan fingerprint density at radius 3 is 2.59 bits per heavy atom. The van der Waals surface area contributed by atoms with E-state index in [1.807, 2.05) is 11.8 Å². The van der Waals surface area contributed by atoms with Crippen molar-refractivity contribution in [2.75, 3.05) is 48.0 Å². The number of hydrogen-bond donors (Lipinski definition) is 2. The number of rotatable bonds is 6. The predicted molar refractivity (Wildman–Crippen MR) is 124 cm³/mol. The van der Waals surface area contributed by atoms with Crippen LogP contribution < -0.4 is 20.9 Å². The quantitative estimate of drug-likeness (QED) is 0.688. The number of nitrogens with two attached hydrogens (primary N) is 1. The Morgan fingerprint density at radius 1 is 1.00 bits per heavy atom. The summed E-state index contributed by atoms with van der Waals surface area (Å²) in [6.07, 6.45) is 14.5. The molecule has 2 aliphatic heterocycles. The Hall–Kier alpha value is -1.05. The second kappa shape index (κ2) is 10.3. The van der Waals surface area contributed by atoms with Crippen molar-refractivity contribution < 1.29 is 0 Å². The molecule has 7 heteroatoms. The van der Waals surface area contributed by atoms with Gasteiger partial charge in [0, 0.05) is 43.5 Å². The number of fused-ring (bicyclic) bond motifs is 1. The van der Waals surface area contributed by atoms with Gasteiger partial charge >= 0.3 is 0 Å². The number of nitrogens with one attached hydrogen (secondary N) is 1. The average Bonchev–Trinajstić information content (AvgIpc) is 3.03. The van der Waals surface area contributed by atoms with Crippen LogP contribution in [0.25, 0.3) is 0 Å². The first-order chi connectivity index (χ1) is 14.3. The molecule has 3 heterocycles. The number of thioether (sulfide) groups is 1. The number of anilines is 2. The van der Waals surface area contributed by atoms with E-state index < -0.39 is 0 Å². The summed E-state index contributed by atoms with van der Waals surface area (Å²) in [7, 11) is 0. The van der Waals surface area contributed by atoms with Crippen molar-refractivity contribution in [2.45, 2.75) is 76.4 Å². The Kier molecular flexibility index (Phi) is 7.54. The maximum absolute atomic E-state index is 6.55. The molecule has 0 amide bonds. The van der Waals surface area contributed by atoms with Crippen LogP contribution in [-0.4, -0.2) is 60.4 Å². The zero-order chi connectivity index (χ0) is 20.1. The summed E-state index contributed by atoms with van der Waals surface area (Å²) in [5, 5.41) is 3.70. The number of aryl methyl sites for hydroxylation is 1. The molecular formula is C22H38N6S. The van der Waals surface area contributed by atoms with E-state index in [9.17, 15) is 0 Å². The van der Waals surface area contributed by atoms with Gasteiger partial charge in [0.25, 0.3) is 0 Å². The third-order valence-electron chi connectivity index (χ3n) is 6.65. The van der Waals surface area contributed by atoms with Crippen LogP contribution in [0.3, 0.4) is 0 Å². The molecule has 0 saturated carbocycles. The highest BCUT2D eigenvalue weighted by atomic mass is 32.2. The molecule has 2 saturated heterocycles. The summed E-state index contributed by atoms with van der Waals surface area (Å²) in [4.78, 5) is 15.3. The Morgan fingerprint density at radius 2 is 1.79 bits per heavy atom. The molecular weight excluding hydrogens is 380 g/mol. The molecule has 6 nitrogen and oxygen atoms in total. The van der Waals surface area contributed by atoms with Gasteiger partial charge in [-0.25, -0.2) is 4.98 Å². The Bertz CT molecular complexity index is 661. The molecule has 0 aromatic carbocycles. The van der Waals surface area contributed by atoms with Gasteiger partial charge < -0.3 is 15.5 Å². The molecule has 4 rings (SSSR count). The fourth-order valence-electron chi connectivity index (χ4n) is 5.05. The van der Waals surface area contributed by atoms with Crippen LogP contribution in [0, 0.1) is 0 Å². The highest BCUT2D eigenvalue weighted by Crippen LogP contribution is 2.32. The Labute approximate surface area is 180 Å². The average molecular weight is 419 g/mol. The first-order valence-corrected chi connectivity index (χ1v) is 13.1. The van der Waals surface area contributed by atoms with Crippen LogP contribution in [0.2, 0.25) is 0 Å². The van der Waals surface area contributed by atoms with Crippen molar-refractivity contribution in [3.8, 4) is 0 Å². The minimum atomic E-state index is 0.131. The third kappa shape index (κ3) is 5.00. The summed E-state index contributed by atoms with van der Waals surface area (Å²) >= 11 is 1.87. The number of nitrogens with zero attached hydrogens (tertiary/aromatic N) is 4. The smallest absolute Gasteiger partial charge is 0.228 e. The van der Waals surface area contributed by atoms with Crippen LogP contribution >= 0.6 is 11.8 Å². The lowest BCUT2D eigenvalue weighted by atomic mass is 9.96. The van der Waals surface area contributed by atoms with Crippen molar-refractivity contribution in [1.82, 2.24) is 15.3 Å². The zero-order valence-electron chi connectivity index (χ0n) is 18.0. The highest BCUT2D eigenvalue weighted by molar-refractivity contribution is 7.98. The normalized spacial score (nSPS) is 25.6. The minimum absolute atomic E-state index is 0.131. The van der Waals surface area contributed by atoms with Gasteiger partial charge in [-0.3, -0.25) is 5.32 Å². The number of hydrogen-bond acceptors (Lipinski definition) is 7. The molecule has 3 N–H and O–H groups in total. The highest BCUT2D eigenvalue weighted by Gasteiger charge is 2.32. The van der Waals surface area contributed by atoms with Gasteiger partial charge in [-0.2, -0.15) is 16.7 Å². The molecule has 2 atom stereocenters. The maximum Gasteiger partial charge on any atom is 0.228 e. The maximum atomic E-state index is 6.55. The van der Waals surface area contributed by atoms with Crippen LogP contribution in [0.5, 0.6) is 0 Å². The molecule has 162 valence electrons. The molecule has 0 radical (unpaired) electrons.